The largest absolute Gasteiger partial charge is 0.340 e. The molecule has 158 valence electrons. The molecule has 0 radical (unpaired) electrons. The van der Waals surface area contributed by atoms with Crippen LogP contribution in [0.5, 0.6) is 0 Å². The molecule has 4 aromatic rings. The lowest BCUT2D eigenvalue weighted by Gasteiger charge is -2.11. The molecule has 11 heteroatoms. The van der Waals surface area contributed by atoms with E-state index in [0.717, 1.165) is 12.1 Å². The van der Waals surface area contributed by atoms with Gasteiger partial charge in [0.05, 0.1) is 0 Å². The van der Waals surface area contributed by atoms with E-state index in [4.69, 9.17) is 0 Å². The summed E-state index contributed by atoms with van der Waals surface area (Å²) >= 11 is 0. The Kier molecular flexibility index (Phi) is 5.34. The molecule has 0 aliphatic heterocycles. The first-order valence-electron chi connectivity index (χ1n) is 9.01. The maximum absolute atomic E-state index is 13.8. The maximum atomic E-state index is 13.8. The summed E-state index contributed by atoms with van der Waals surface area (Å²) in [6.07, 6.45) is 3.40. The fourth-order valence-electron chi connectivity index (χ4n) is 2.81. The molecule has 31 heavy (non-hydrogen) atoms. The van der Waals surface area contributed by atoms with Gasteiger partial charge in [-0.05, 0) is 49.4 Å². The van der Waals surface area contributed by atoms with Gasteiger partial charge in [0.25, 0.3) is 10.0 Å². The molecular weight excluding hydrogens is 426 g/mol. The Balaban J connectivity index is 1.51. The molecule has 0 bridgehead atoms. The monoisotopic (exact) mass is 442 g/mol. The molecule has 0 amide bonds. The normalized spacial score (nSPS) is 11.3. The van der Waals surface area contributed by atoms with Gasteiger partial charge in [-0.3, -0.25) is 4.72 Å². The van der Waals surface area contributed by atoms with E-state index in [9.17, 15) is 17.2 Å². The number of benzene rings is 2. The molecule has 0 spiro atoms. The van der Waals surface area contributed by atoms with Crippen molar-refractivity contribution in [1.29, 1.82) is 0 Å². The molecule has 0 fully saturated rings. The second-order valence-corrected chi connectivity index (χ2v) is 8.14. The van der Waals surface area contributed by atoms with Crippen LogP contribution >= 0.6 is 0 Å². The van der Waals surface area contributed by atoms with Crippen LogP contribution in [0.4, 0.5) is 26.0 Å². The number of sulfonamides is 1. The quantitative estimate of drug-likeness (QED) is 0.471. The van der Waals surface area contributed by atoms with Gasteiger partial charge in [-0.1, -0.05) is 0 Å². The smallest absolute Gasteiger partial charge is 0.264 e. The average Bonchev–Trinajstić information content (AvgIpc) is 3.23. The summed E-state index contributed by atoms with van der Waals surface area (Å²) in [5, 5.41) is 7.26. The lowest BCUT2D eigenvalue weighted by molar-refractivity contribution is 0.551. The van der Waals surface area contributed by atoms with Crippen molar-refractivity contribution < 1.29 is 17.2 Å². The summed E-state index contributed by atoms with van der Waals surface area (Å²) < 4.78 is 55.5. The highest BCUT2D eigenvalue weighted by Crippen LogP contribution is 2.23. The number of hydrogen-bond acceptors (Lipinski definition) is 6. The third-order valence-corrected chi connectivity index (χ3v) is 5.57. The number of aromatic nitrogens is 4. The van der Waals surface area contributed by atoms with Crippen molar-refractivity contribution in [3.63, 3.8) is 0 Å². The Morgan fingerprint density at radius 2 is 1.71 bits per heavy atom. The van der Waals surface area contributed by atoms with Gasteiger partial charge in [0.2, 0.25) is 0 Å². The zero-order chi connectivity index (χ0) is 22.0. The van der Waals surface area contributed by atoms with Crippen molar-refractivity contribution in [3.8, 4) is 5.82 Å². The lowest BCUT2D eigenvalue weighted by atomic mass is 10.3. The first-order valence-corrected chi connectivity index (χ1v) is 10.5. The van der Waals surface area contributed by atoms with Crippen LogP contribution in [0.1, 0.15) is 5.82 Å². The fraction of sp³-hybridized carbons (Fsp3) is 0.0500. The Morgan fingerprint density at radius 1 is 0.968 bits per heavy atom. The molecule has 8 nitrogen and oxygen atoms in total. The van der Waals surface area contributed by atoms with Crippen molar-refractivity contribution in [2.24, 2.45) is 0 Å². The van der Waals surface area contributed by atoms with E-state index in [1.165, 1.54) is 12.1 Å². The van der Waals surface area contributed by atoms with Crippen molar-refractivity contribution in [1.82, 2.24) is 19.7 Å². The minimum atomic E-state index is -4.21. The number of rotatable bonds is 6. The molecule has 0 atom stereocenters. The summed E-state index contributed by atoms with van der Waals surface area (Å²) in [4.78, 5) is 8.02. The van der Waals surface area contributed by atoms with Crippen LogP contribution in [0.25, 0.3) is 5.82 Å². The van der Waals surface area contributed by atoms with Crippen LogP contribution in [-0.2, 0) is 10.0 Å². The van der Waals surface area contributed by atoms with E-state index in [1.54, 1.807) is 48.3 Å². The first kappa shape index (κ1) is 20.4. The molecule has 2 heterocycles. The Morgan fingerprint density at radius 3 is 2.39 bits per heavy atom. The van der Waals surface area contributed by atoms with Crippen molar-refractivity contribution >= 4 is 27.2 Å². The summed E-state index contributed by atoms with van der Waals surface area (Å²) in [6.45, 7) is 1.75. The van der Waals surface area contributed by atoms with Gasteiger partial charge in [0.15, 0.2) is 5.82 Å². The van der Waals surface area contributed by atoms with Gasteiger partial charge >= 0.3 is 0 Å². The fourth-order valence-corrected chi connectivity index (χ4v) is 3.93. The van der Waals surface area contributed by atoms with E-state index < -0.39 is 26.6 Å². The third-order valence-electron chi connectivity index (χ3n) is 4.16. The number of nitrogens with zero attached hydrogens (tertiary/aromatic N) is 4. The van der Waals surface area contributed by atoms with Crippen molar-refractivity contribution in [3.05, 3.63) is 84.4 Å². The van der Waals surface area contributed by atoms with E-state index in [2.05, 4.69) is 25.1 Å². The third kappa shape index (κ3) is 4.67. The summed E-state index contributed by atoms with van der Waals surface area (Å²) in [5.41, 5.74) is 0.853. The van der Waals surface area contributed by atoms with E-state index in [0.29, 0.717) is 29.2 Å². The summed E-state index contributed by atoms with van der Waals surface area (Å²) in [6, 6.07) is 12.0. The van der Waals surface area contributed by atoms with Gasteiger partial charge in [-0.15, -0.1) is 0 Å². The predicted octanol–water partition coefficient (Wildman–Crippen LogP) is 3.79. The Labute approximate surface area is 176 Å². The van der Waals surface area contributed by atoms with Crippen LogP contribution in [0.2, 0.25) is 0 Å². The first-order chi connectivity index (χ1) is 14.8. The van der Waals surface area contributed by atoms with E-state index >= 15 is 0 Å². The lowest BCUT2D eigenvalue weighted by Crippen LogP contribution is -2.14. The Bertz CT molecular complexity index is 1330. The summed E-state index contributed by atoms with van der Waals surface area (Å²) in [7, 11) is -4.21. The standard InChI is InChI=1S/C20H16F2N6O2S/c1-13-24-19(12-20(25-13)28-10-2-9-23-28)26-15-4-6-16(7-5-15)27-31(29,30)18-8-3-14(21)11-17(18)22/h2-12,27H,1H3,(H,24,25,26). The topological polar surface area (TPSA) is 102 Å². The SMILES string of the molecule is Cc1nc(Nc2ccc(NS(=O)(=O)c3ccc(F)cc3F)cc2)cc(-n2cccn2)n1. The molecule has 0 aliphatic rings. The highest BCUT2D eigenvalue weighted by molar-refractivity contribution is 7.92. The van der Waals surface area contributed by atoms with Crippen molar-refractivity contribution in [2.75, 3.05) is 10.0 Å². The van der Waals surface area contributed by atoms with Crippen LogP contribution in [0, 0.1) is 18.6 Å². The number of halogens is 2. The molecule has 2 N–H and O–H groups in total. The zero-order valence-electron chi connectivity index (χ0n) is 16.1. The maximum Gasteiger partial charge on any atom is 0.264 e. The second kappa shape index (κ2) is 8.11. The Hall–Kier alpha value is -3.86. The van der Waals surface area contributed by atoms with Gasteiger partial charge < -0.3 is 5.32 Å². The number of nitrogens with one attached hydrogen (secondary N) is 2. The molecular formula is C20H16F2N6O2S. The molecule has 0 saturated heterocycles. The van der Waals surface area contributed by atoms with Gasteiger partial charge in [-0.25, -0.2) is 31.8 Å². The highest BCUT2D eigenvalue weighted by Gasteiger charge is 2.19. The molecule has 4 rings (SSSR count). The number of aryl methyl sites for hydroxylation is 1. The van der Waals surface area contributed by atoms with Gasteiger partial charge in [-0.2, -0.15) is 5.10 Å². The van der Waals surface area contributed by atoms with Crippen LogP contribution in [0.15, 0.2) is 71.9 Å². The molecule has 2 aromatic carbocycles. The molecule has 0 unspecified atom stereocenters. The minimum Gasteiger partial charge on any atom is -0.340 e. The van der Waals surface area contributed by atoms with E-state index in [1.807, 2.05) is 0 Å². The zero-order valence-corrected chi connectivity index (χ0v) is 16.9. The predicted molar refractivity (Wildman–Crippen MR) is 111 cm³/mol. The van der Waals surface area contributed by atoms with Crippen LogP contribution in [-0.4, -0.2) is 28.2 Å². The van der Waals surface area contributed by atoms with Crippen LogP contribution < -0.4 is 10.0 Å². The number of anilines is 3. The van der Waals surface area contributed by atoms with Crippen LogP contribution in [0.3, 0.4) is 0 Å². The highest BCUT2D eigenvalue weighted by atomic mass is 32.2. The number of hydrogen-bond donors (Lipinski definition) is 2. The average molecular weight is 442 g/mol. The minimum absolute atomic E-state index is 0.213. The molecule has 2 aromatic heterocycles. The summed E-state index contributed by atoms with van der Waals surface area (Å²) in [5.74, 6) is -0.368. The van der Waals surface area contributed by atoms with E-state index in [-0.39, 0.29) is 5.69 Å². The van der Waals surface area contributed by atoms with Gasteiger partial charge in [0, 0.05) is 35.9 Å². The molecule has 0 saturated carbocycles. The molecule has 0 aliphatic carbocycles. The second-order valence-electron chi connectivity index (χ2n) is 6.49. The van der Waals surface area contributed by atoms with Crippen molar-refractivity contribution in [2.45, 2.75) is 11.8 Å². The van der Waals surface area contributed by atoms with Gasteiger partial charge in [0.1, 0.15) is 28.2 Å².